The smallest absolute Gasteiger partial charge is 0.265 e. The summed E-state index contributed by atoms with van der Waals surface area (Å²) in [5.41, 5.74) is 5.66. The zero-order chi connectivity index (χ0) is 12.1. The maximum absolute atomic E-state index is 11.6. The second-order valence-corrected chi connectivity index (χ2v) is 4.18. The predicted octanol–water partition coefficient (Wildman–Crippen LogP) is -0.0965. The molecular formula is C9H16N4O2S. The van der Waals surface area contributed by atoms with Crippen molar-refractivity contribution < 1.29 is 9.90 Å². The van der Waals surface area contributed by atoms with Crippen molar-refractivity contribution in [3.05, 3.63) is 4.88 Å². The Hall–Kier alpha value is -1.34. The summed E-state index contributed by atoms with van der Waals surface area (Å²) in [4.78, 5) is 18.0. The highest BCUT2D eigenvalue weighted by molar-refractivity contribution is 7.18. The fourth-order valence-corrected chi connectivity index (χ4v) is 1.96. The second kappa shape index (κ2) is 5.66. The molecule has 1 amide bonds. The summed E-state index contributed by atoms with van der Waals surface area (Å²) in [6.07, 6.45) is 0. The lowest BCUT2D eigenvalue weighted by Crippen LogP contribution is -2.26. The first-order valence-electron chi connectivity index (χ1n) is 4.96. The first kappa shape index (κ1) is 12.7. The average molecular weight is 244 g/mol. The molecule has 0 fully saturated rings. The molecule has 0 saturated heterocycles. The number of nitrogens with two attached hydrogens (primary N) is 1. The van der Waals surface area contributed by atoms with Crippen molar-refractivity contribution >= 4 is 28.2 Å². The Morgan fingerprint density at radius 3 is 2.94 bits per heavy atom. The number of nitrogen functional groups attached to an aromatic ring is 1. The van der Waals surface area contributed by atoms with Crippen LogP contribution < -0.4 is 16.0 Å². The van der Waals surface area contributed by atoms with Crippen molar-refractivity contribution in [1.82, 2.24) is 10.3 Å². The van der Waals surface area contributed by atoms with E-state index in [-0.39, 0.29) is 24.9 Å². The van der Waals surface area contributed by atoms with Gasteiger partial charge in [0.15, 0.2) is 5.13 Å². The summed E-state index contributed by atoms with van der Waals surface area (Å²) in [6.45, 7) is 2.91. The highest BCUT2D eigenvalue weighted by atomic mass is 32.1. The van der Waals surface area contributed by atoms with Gasteiger partial charge in [-0.3, -0.25) is 4.79 Å². The molecule has 0 aliphatic rings. The highest BCUT2D eigenvalue weighted by Crippen LogP contribution is 2.26. The molecule has 0 atom stereocenters. The monoisotopic (exact) mass is 244 g/mol. The molecule has 6 nitrogen and oxygen atoms in total. The third-order valence-electron chi connectivity index (χ3n) is 2.05. The van der Waals surface area contributed by atoms with Gasteiger partial charge >= 0.3 is 0 Å². The number of aliphatic hydroxyl groups is 1. The standard InChI is InChI=1S/C9H16N4O2S/c1-3-13(2)9-12-7(10)6(16-9)8(15)11-4-5-14/h14H,3-5,10H2,1-2H3,(H,11,15). The van der Waals surface area contributed by atoms with Gasteiger partial charge in [0.25, 0.3) is 5.91 Å². The van der Waals surface area contributed by atoms with Gasteiger partial charge in [-0.25, -0.2) is 4.98 Å². The predicted molar refractivity (Wildman–Crippen MR) is 64.9 cm³/mol. The molecule has 16 heavy (non-hydrogen) atoms. The number of amides is 1. The SMILES string of the molecule is CCN(C)c1nc(N)c(C(=O)NCCO)s1. The van der Waals surface area contributed by atoms with Crippen LogP contribution in [0.4, 0.5) is 10.9 Å². The molecule has 1 aromatic rings. The topological polar surface area (TPSA) is 91.5 Å². The minimum absolute atomic E-state index is 0.0911. The summed E-state index contributed by atoms with van der Waals surface area (Å²) in [5.74, 6) is -0.0597. The van der Waals surface area contributed by atoms with Crippen LogP contribution in [0.1, 0.15) is 16.6 Å². The Morgan fingerprint density at radius 1 is 1.69 bits per heavy atom. The Kier molecular flexibility index (Phi) is 4.51. The Bertz CT molecular complexity index is 366. The van der Waals surface area contributed by atoms with Gasteiger partial charge in [0.05, 0.1) is 6.61 Å². The molecule has 1 rings (SSSR count). The molecular weight excluding hydrogens is 228 g/mol. The number of nitrogens with one attached hydrogen (secondary N) is 1. The van der Waals surface area contributed by atoms with Gasteiger partial charge in [-0.05, 0) is 6.92 Å². The zero-order valence-electron chi connectivity index (χ0n) is 9.36. The molecule has 7 heteroatoms. The minimum atomic E-state index is -0.292. The number of hydrogen-bond acceptors (Lipinski definition) is 6. The van der Waals surface area contributed by atoms with Crippen molar-refractivity contribution in [3.63, 3.8) is 0 Å². The van der Waals surface area contributed by atoms with Crippen molar-refractivity contribution in [2.24, 2.45) is 0 Å². The van der Waals surface area contributed by atoms with E-state index in [4.69, 9.17) is 10.8 Å². The molecule has 0 unspecified atom stereocenters. The van der Waals surface area contributed by atoms with Crippen LogP contribution in [0.5, 0.6) is 0 Å². The van der Waals surface area contributed by atoms with Crippen LogP contribution in [-0.2, 0) is 0 Å². The summed E-state index contributed by atoms with van der Waals surface area (Å²) < 4.78 is 0. The first-order chi connectivity index (χ1) is 7.60. The molecule has 90 valence electrons. The van der Waals surface area contributed by atoms with Gasteiger partial charge in [-0.1, -0.05) is 11.3 Å². The average Bonchev–Trinajstić information content (AvgIpc) is 2.67. The number of nitrogens with zero attached hydrogens (tertiary/aromatic N) is 2. The number of rotatable bonds is 5. The lowest BCUT2D eigenvalue weighted by Gasteiger charge is -2.10. The van der Waals surface area contributed by atoms with Crippen molar-refractivity contribution in [1.29, 1.82) is 0 Å². The van der Waals surface area contributed by atoms with Crippen LogP contribution >= 0.6 is 11.3 Å². The van der Waals surface area contributed by atoms with Gasteiger partial charge < -0.3 is 21.1 Å². The number of aliphatic hydroxyl groups excluding tert-OH is 1. The number of aromatic nitrogens is 1. The van der Waals surface area contributed by atoms with E-state index in [9.17, 15) is 4.79 Å². The van der Waals surface area contributed by atoms with Crippen molar-refractivity contribution in [3.8, 4) is 0 Å². The van der Waals surface area contributed by atoms with Crippen LogP contribution in [0.2, 0.25) is 0 Å². The van der Waals surface area contributed by atoms with Crippen LogP contribution in [0.3, 0.4) is 0 Å². The van der Waals surface area contributed by atoms with E-state index < -0.39 is 0 Å². The third-order valence-corrected chi connectivity index (χ3v) is 3.23. The van der Waals surface area contributed by atoms with Crippen LogP contribution in [0, 0.1) is 0 Å². The molecule has 0 aromatic carbocycles. The van der Waals surface area contributed by atoms with E-state index in [2.05, 4.69) is 10.3 Å². The number of carbonyl (C=O) groups is 1. The maximum atomic E-state index is 11.6. The molecule has 1 aromatic heterocycles. The summed E-state index contributed by atoms with van der Waals surface area (Å²) in [7, 11) is 1.88. The van der Waals surface area contributed by atoms with E-state index >= 15 is 0 Å². The second-order valence-electron chi connectivity index (χ2n) is 3.20. The van der Waals surface area contributed by atoms with E-state index in [1.54, 1.807) is 0 Å². The van der Waals surface area contributed by atoms with Crippen molar-refractivity contribution in [2.45, 2.75) is 6.92 Å². The highest BCUT2D eigenvalue weighted by Gasteiger charge is 2.16. The molecule has 4 N–H and O–H groups in total. The third kappa shape index (κ3) is 2.83. The van der Waals surface area contributed by atoms with Gasteiger partial charge in [0.1, 0.15) is 10.7 Å². The zero-order valence-corrected chi connectivity index (χ0v) is 10.2. The van der Waals surface area contributed by atoms with Crippen LogP contribution in [0.25, 0.3) is 0 Å². The first-order valence-corrected chi connectivity index (χ1v) is 5.78. The maximum Gasteiger partial charge on any atom is 0.265 e. The van der Waals surface area contributed by atoms with E-state index in [1.807, 2.05) is 18.9 Å². The number of carbonyl (C=O) groups excluding carboxylic acids is 1. The lowest BCUT2D eigenvalue weighted by atomic mass is 10.4. The summed E-state index contributed by atoms with van der Waals surface area (Å²) >= 11 is 1.25. The molecule has 0 bridgehead atoms. The van der Waals surface area contributed by atoms with Crippen LogP contribution in [-0.4, -0.2) is 42.7 Å². The van der Waals surface area contributed by atoms with E-state index in [0.29, 0.717) is 10.0 Å². The van der Waals surface area contributed by atoms with Gasteiger partial charge in [-0.2, -0.15) is 0 Å². The Morgan fingerprint density at radius 2 is 2.38 bits per heavy atom. The Balaban J connectivity index is 2.80. The van der Waals surface area contributed by atoms with Crippen LogP contribution in [0.15, 0.2) is 0 Å². The molecule has 1 heterocycles. The molecule has 0 aliphatic heterocycles. The largest absolute Gasteiger partial charge is 0.395 e. The molecule has 0 spiro atoms. The molecule has 0 aliphatic carbocycles. The van der Waals surface area contributed by atoms with Gasteiger partial charge in [0.2, 0.25) is 0 Å². The quantitative estimate of drug-likeness (QED) is 0.673. The molecule has 0 saturated carbocycles. The summed E-state index contributed by atoms with van der Waals surface area (Å²) in [5, 5.41) is 11.9. The van der Waals surface area contributed by atoms with Gasteiger partial charge in [0, 0.05) is 20.1 Å². The van der Waals surface area contributed by atoms with Gasteiger partial charge in [-0.15, -0.1) is 0 Å². The number of thiazole rings is 1. The number of hydrogen-bond donors (Lipinski definition) is 3. The number of anilines is 2. The van der Waals surface area contributed by atoms with Crippen molar-refractivity contribution in [2.75, 3.05) is 37.4 Å². The fraction of sp³-hybridized carbons (Fsp3) is 0.556. The lowest BCUT2D eigenvalue weighted by molar-refractivity contribution is 0.0949. The minimum Gasteiger partial charge on any atom is -0.395 e. The van der Waals surface area contributed by atoms with E-state index in [0.717, 1.165) is 6.54 Å². The Labute approximate surface area is 98.1 Å². The normalized spacial score (nSPS) is 10.2. The summed E-state index contributed by atoms with van der Waals surface area (Å²) in [6, 6.07) is 0. The van der Waals surface area contributed by atoms with E-state index in [1.165, 1.54) is 11.3 Å². The molecule has 0 radical (unpaired) electrons. The fourth-order valence-electron chi connectivity index (χ4n) is 1.03.